The maximum atomic E-state index is 12.8. The third-order valence-electron chi connectivity index (χ3n) is 4.54. The number of carbonyl (C=O) groups is 2. The molecule has 1 saturated heterocycles. The first-order valence-electron chi connectivity index (χ1n) is 8.34. The average Bonchev–Trinajstić information content (AvgIpc) is 2.58. The molecule has 5 heteroatoms. The first kappa shape index (κ1) is 17.0. The van der Waals surface area contributed by atoms with E-state index in [-0.39, 0.29) is 35.7 Å². The van der Waals surface area contributed by atoms with E-state index in [1.54, 1.807) is 17.0 Å². The molecular formula is C20H22N2O3. The van der Waals surface area contributed by atoms with E-state index in [1.807, 2.05) is 45.0 Å². The lowest BCUT2D eigenvalue weighted by Gasteiger charge is -2.39. The maximum absolute atomic E-state index is 12.8. The van der Waals surface area contributed by atoms with Crippen molar-refractivity contribution in [1.29, 1.82) is 0 Å². The van der Waals surface area contributed by atoms with Gasteiger partial charge >= 0.3 is 0 Å². The second-order valence-electron chi connectivity index (χ2n) is 6.65. The Bertz CT molecular complexity index is 831. The normalized spacial score (nSPS) is 17.7. The molecule has 2 aromatic carbocycles. The molecule has 3 rings (SSSR count). The number of aromatic hydroxyl groups is 1. The van der Waals surface area contributed by atoms with Crippen LogP contribution in [0.4, 0.5) is 5.69 Å². The molecule has 2 aromatic rings. The first-order valence-corrected chi connectivity index (χ1v) is 8.34. The lowest BCUT2D eigenvalue weighted by molar-refractivity contribution is -0.121. The number of rotatable bonds is 2. The Kier molecular flexibility index (Phi) is 4.49. The van der Waals surface area contributed by atoms with Crippen LogP contribution in [-0.2, 0) is 4.79 Å². The Morgan fingerprint density at radius 1 is 1.12 bits per heavy atom. The van der Waals surface area contributed by atoms with E-state index in [1.165, 1.54) is 11.0 Å². The summed E-state index contributed by atoms with van der Waals surface area (Å²) in [4.78, 5) is 28.7. The van der Waals surface area contributed by atoms with Crippen molar-refractivity contribution in [2.75, 3.05) is 18.0 Å². The zero-order valence-electron chi connectivity index (χ0n) is 14.7. The van der Waals surface area contributed by atoms with E-state index in [2.05, 4.69) is 0 Å². The van der Waals surface area contributed by atoms with Crippen molar-refractivity contribution in [3.63, 3.8) is 0 Å². The minimum atomic E-state index is -0.314. The van der Waals surface area contributed by atoms with E-state index in [9.17, 15) is 14.7 Å². The lowest BCUT2D eigenvalue weighted by atomic mass is 10.1. The molecule has 25 heavy (non-hydrogen) atoms. The highest BCUT2D eigenvalue weighted by Gasteiger charge is 2.34. The van der Waals surface area contributed by atoms with Crippen LogP contribution >= 0.6 is 0 Å². The molecule has 1 N–H and O–H groups in total. The largest absolute Gasteiger partial charge is 0.507 e. The number of piperazine rings is 1. The van der Waals surface area contributed by atoms with E-state index < -0.39 is 0 Å². The van der Waals surface area contributed by atoms with Crippen LogP contribution in [0.15, 0.2) is 42.5 Å². The number of anilines is 1. The minimum Gasteiger partial charge on any atom is -0.507 e. The minimum absolute atomic E-state index is 0.00131. The van der Waals surface area contributed by atoms with Crippen LogP contribution in [0.25, 0.3) is 0 Å². The molecule has 0 saturated carbocycles. The molecule has 0 radical (unpaired) electrons. The topological polar surface area (TPSA) is 60.9 Å². The molecule has 5 nitrogen and oxygen atoms in total. The van der Waals surface area contributed by atoms with Crippen LogP contribution in [0.1, 0.15) is 28.4 Å². The summed E-state index contributed by atoms with van der Waals surface area (Å²) in [7, 11) is 0. The second-order valence-corrected chi connectivity index (χ2v) is 6.65. The number of phenols is 1. The van der Waals surface area contributed by atoms with Gasteiger partial charge < -0.3 is 14.9 Å². The number of aryl methyl sites for hydroxylation is 2. The number of carbonyl (C=O) groups excluding carboxylic acids is 2. The van der Waals surface area contributed by atoms with Gasteiger partial charge in [-0.25, -0.2) is 0 Å². The molecule has 0 unspecified atom stereocenters. The van der Waals surface area contributed by atoms with Crippen LogP contribution in [0.2, 0.25) is 0 Å². The Labute approximate surface area is 147 Å². The highest BCUT2D eigenvalue weighted by molar-refractivity contribution is 6.03. The molecule has 0 aromatic heterocycles. The summed E-state index contributed by atoms with van der Waals surface area (Å²) < 4.78 is 0. The molecule has 1 fully saturated rings. The van der Waals surface area contributed by atoms with Gasteiger partial charge in [-0.3, -0.25) is 9.59 Å². The first-order chi connectivity index (χ1) is 11.9. The van der Waals surface area contributed by atoms with Gasteiger partial charge in [0.25, 0.3) is 5.91 Å². The third-order valence-corrected chi connectivity index (χ3v) is 4.54. The van der Waals surface area contributed by atoms with Crippen LogP contribution in [0.3, 0.4) is 0 Å². The fraction of sp³-hybridized carbons (Fsp3) is 0.300. The molecule has 2 amide bonds. The molecule has 1 aliphatic rings. The number of hydrogen-bond donors (Lipinski definition) is 1. The standard InChI is InChI=1S/C20H22N2O3/c1-13-5-4-6-16(9-13)22-11-15(3)21(12-19(22)24)20(25)17-10-14(2)7-8-18(17)23/h4-10,15,23H,11-12H2,1-3H3/t15-/m0/s1. The number of amides is 2. The smallest absolute Gasteiger partial charge is 0.258 e. The zero-order chi connectivity index (χ0) is 18.1. The van der Waals surface area contributed by atoms with Crippen molar-refractivity contribution in [2.24, 2.45) is 0 Å². The maximum Gasteiger partial charge on any atom is 0.258 e. The van der Waals surface area contributed by atoms with Crippen molar-refractivity contribution in [1.82, 2.24) is 4.90 Å². The summed E-state index contributed by atoms with van der Waals surface area (Å²) >= 11 is 0. The highest BCUT2D eigenvalue weighted by Crippen LogP contribution is 2.25. The van der Waals surface area contributed by atoms with Crippen molar-refractivity contribution in [3.8, 4) is 5.75 Å². The summed E-state index contributed by atoms with van der Waals surface area (Å²) in [6.07, 6.45) is 0. The Balaban J connectivity index is 1.84. The lowest BCUT2D eigenvalue weighted by Crippen LogP contribution is -2.57. The monoisotopic (exact) mass is 338 g/mol. The van der Waals surface area contributed by atoms with Crippen molar-refractivity contribution < 1.29 is 14.7 Å². The molecule has 130 valence electrons. The summed E-state index contributed by atoms with van der Waals surface area (Å²) in [6, 6.07) is 12.5. The molecule has 0 spiro atoms. The zero-order valence-corrected chi connectivity index (χ0v) is 14.7. The van der Waals surface area contributed by atoms with Crippen molar-refractivity contribution >= 4 is 17.5 Å². The van der Waals surface area contributed by atoms with Crippen LogP contribution in [-0.4, -0.2) is 41.0 Å². The molecule has 0 aliphatic carbocycles. The fourth-order valence-electron chi connectivity index (χ4n) is 3.14. The van der Waals surface area contributed by atoms with Gasteiger partial charge in [0.2, 0.25) is 5.91 Å². The Morgan fingerprint density at radius 3 is 2.56 bits per heavy atom. The summed E-state index contributed by atoms with van der Waals surface area (Å²) in [5.41, 5.74) is 3.06. The van der Waals surface area contributed by atoms with E-state index in [0.717, 1.165) is 16.8 Å². The van der Waals surface area contributed by atoms with E-state index >= 15 is 0 Å². The van der Waals surface area contributed by atoms with Crippen LogP contribution in [0.5, 0.6) is 5.75 Å². The predicted octanol–water partition coefficient (Wildman–Crippen LogP) is 2.89. The van der Waals surface area contributed by atoms with Gasteiger partial charge in [0, 0.05) is 18.3 Å². The van der Waals surface area contributed by atoms with Gasteiger partial charge in [0.1, 0.15) is 12.3 Å². The van der Waals surface area contributed by atoms with Gasteiger partial charge in [-0.1, -0.05) is 23.8 Å². The van der Waals surface area contributed by atoms with Crippen LogP contribution < -0.4 is 4.90 Å². The van der Waals surface area contributed by atoms with E-state index in [0.29, 0.717) is 6.54 Å². The summed E-state index contributed by atoms with van der Waals surface area (Å²) in [6.45, 7) is 6.19. The second kappa shape index (κ2) is 6.59. The quantitative estimate of drug-likeness (QED) is 0.916. The molecule has 0 bridgehead atoms. The SMILES string of the molecule is Cc1cccc(N2C[C@H](C)N(C(=O)c3cc(C)ccc3O)CC2=O)c1. The number of phenolic OH excluding ortho intramolecular Hbond substituents is 1. The number of benzene rings is 2. The van der Waals surface area contributed by atoms with Crippen molar-refractivity contribution in [3.05, 3.63) is 59.2 Å². The van der Waals surface area contributed by atoms with Crippen molar-refractivity contribution in [2.45, 2.75) is 26.8 Å². The fourth-order valence-corrected chi connectivity index (χ4v) is 3.14. The number of hydrogen-bond acceptors (Lipinski definition) is 3. The summed E-state index contributed by atoms with van der Waals surface area (Å²) in [5, 5.41) is 10.0. The van der Waals surface area contributed by atoms with Crippen LogP contribution in [0, 0.1) is 13.8 Å². The molecular weight excluding hydrogens is 316 g/mol. The third kappa shape index (κ3) is 3.36. The van der Waals surface area contributed by atoms with Gasteiger partial charge in [-0.2, -0.15) is 0 Å². The van der Waals surface area contributed by atoms with Gasteiger partial charge in [-0.15, -0.1) is 0 Å². The molecule has 1 aliphatic heterocycles. The Morgan fingerprint density at radius 2 is 1.84 bits per heavy atom. The predicted molar refractivity (Wildman–Crippen MR) is 96.9 cm³/mol. The highest BCUT2D eigenvalue weighted by atomic mass is 16.3. The molecule has 1 atom stereocenters. The molecule has 1 heterocycles. The average molecular weight is 338 g/mol. The summed E-state index contributed by atoms with van der Waals surface area (Å²) in [5.74, 6) is -0.494. The van der Waals surface area contributed by atoms with Gasteiger partial charge in [0.05, 0.1) is 5.56 Å². The van der Waals surface area contributed by atoms with E-state index in [4.69, 9.17) is 0 Å². The van der Waals surface area contributed by atoms with Gasteiger partial charge in [-0.05, 0) is 50.6 Å². The number of nitrogens with zero attached hydrogens (tertiary/aromatic N) is 2. The van der Waals surface area contributed by atoms with Gasteiger partial charge in [0.15, 0.2) is 0 Å². The Hall–Kier alpha value is -2.82.